The van der Waals surface area contributed by atoms with E-state index in [-0.39, 0.29) is 27.0 Å². The molecule has 0 saturated heterocycles. The predicted octanol–water partition coefficient (Wildman–Crippen LogP) is 1.28. The summed E-state index contributed by atoms with van der Waals surface area (Å²) >= 11 is 12.0. The topological polar surface area (TPSA) is 107 Å². The molecule has 1 amide bonds. The third-order valence-electron chi connectivity index (χ3n) is 2.90. The molecule has 0 fully saturated rings. The van der Waals surface area contributed by atoms with E-state index in [4.69, 9.17) is 34.0 Å². The Morgan fingerprint density at radius 1 is 1.29 bits per heavy atom. The van der Waals surface area contributed by atoms with Crippen molar-refractivity contribution in [3.63, 3.8) is 0 Å². The molecule has 1 aromatic heterocycles. The van der Waals surface area contributed by atoms with E-state index >= 15 is 0 Å². The van der Waals surface area contributed by atoms with Crippen molar-refractivity contribution in [2.24, 2.45) is 12.8 Å². The van der Waals surface area contributed by atoms with Gasteiger partial charge in [0.15, 0.2) is 0 Å². The van der Waals surface area contributed by atoms with Gasteiger partial charge in [-0.2, -0.15) is 0 Å². The summed E-state index contributed by atoms with van der Waals surface area (Å²) < 4.78 is 2.00. The molecule has 1 heterocycles. The number of carboxylic acid groups (broad SMARTS) is 1. The molecule has 3 N–H and O–H groups in total. The lowest BCUT2D eigenvalue weighted by Crippen LogP contribution is -2.24. The van der Waals surface area contributed by atoms with Crippen molar-refractivity contribution in [2.45, 2.75) is 0 Å². The van der Waals surface area contributed by atoms with Crippen molar-refractivity contribution < 1.29 is 14.7 Å². The largest absolute Gasteiger partial charge is 0.478 e. The standard InChI is InChI=1S/C12H9Cl2N3O4/c1-16-7(10(15)18)4-17(12(16)21)9-6(13)3-2-5(8(9)14)11(19)20/h2-4H,1H3,(H2,15,18)(H,19,20). The smallest absolute Gasteiger partial charge is 0.337 e. The van der Waals surface area contributed by atoms with Gasteiger partial charge in [0, 0.05) is 13.2 Å². The minimum Gasteiger partial charge on any atom is -0.478 e. The maximum atomic E-state index is 12.1. The second kappa shape index (κ2) is 5.27. The van der Waals surface area contributed by atoms with Gasteiger partial charge in [0.1, 0.15) is 5.69 Å². The maximum Gasteiger partial charge on any atom is 0.337 e. The van der Waals surface area contributed by atoms with Gasteiger partial charge >= 0.3 is 11.7 Å². The van der Waals surface area contributed by atoms with Crippen molar-refractivity contribution in [2.75, 3.05) is 0 Å². The molecule has 1 aromatic carbocycles. The van der Waals surface area contributed by atoms with Crippen molar-refractivity contribution in [1.29, 1.82) is 0 Å². The van der Waals surface area contributed by atoms with Gasteiger partial charge < -0.3 is 10.8 Å². The number of nitrogens with two attached hydrogens (primary N) is 1. The summed E-state index contributed by atoms with van der Waals surface area (Å²) in [4.78, 5) is 34.5. The Hall–Kier alpha value is -2.25. The van der Waals surface area contributed by atoms with Gasteiger partial charge in [0.25, 0.3) is 5.91 Å². The van der Waals surface area contributed by atoms with Crippen LogP contribution in [0.2, 0.25) is 10.0 Å². The third kappa shape index (κ3) is 2.41. The lowest BCUT2D eigenvalue weighted by molar-refractivity contribution is 0.0696. The van der Waals surface area contributed by atoms with Crippen molar-refractivity contribution in [3.05, 3.63) is 50.1 Å². The summed E-state index contributed by atoms with van der Waals surface area (Å²) in [5.74, 6) is -2.08. The first kappa shape index (κ1) is 15.1. The average Bonchev–Trinajstić information content (AvgIpc) is 2.67. The fourth-order valence-corrected chi connectivity index (χ4v) is 2.48. The van der Waals surface area contributed by atoms with Crippen LogP contribution < -0.4 is 11.4 Å². The van der Waals surface area contributed by atoms with Gasteiger partial charge in [-0.05, 0) is 12.1 Å². The first-order valence-electron chi connectivity index (χ1n) is 5.55. The molecular formula is C12H9Cl2N3O4. The molecule has 21 heavy (non-hydrogen) atoms. The summed E-state index contributed by atoms with van der Waals surface area (Å²) in [6, 6.07) is 2.52. The molecule has 2 rings (SSSR count). The Bertz CT molecular complexity index is 823. The number of amides is 1. The van der Waals surface area contributed by atoms with E-state index in [9.17, 15) is 14.4 Å². The Morgan fingerprint density at radius 3 is 2.38 bits per heavy atom. The van der Waals surface area contributed by atoms with E-state index in [1.54, 1.807) is 0 Å². The molecule has 0 bridgehead atoms. The Balaban J connectivity index is 2.82. The maximum absolute atomic E-state index is 12.1. The second-order valence-electron chi connectivity index (χ2n) is 4.15. The number of aromatic carboxylic acids is 1. The third-order valence-corrected chi connectivity index (χ3v) is 3.58. The molecule has 0 radical (unpaired) electrons. The SMILES string of the molecule is Cn1c(C(N)=O)cn(-c2c(Cl)ccc(C(=O)O)c2Cl)c1=O. The number of halogens is 2. The Kier molecular flexibility index (Phi) is 3.80. The number of benzene rings is 1. The van der Waals surface area contributed by atoms with Crippen LogP contribution in [0.25, 0.3) is 5.69 Å². The zero-order valence-corrected chi connectivity index (χ0v) is 12.1. The summed E-state index contributed by atoms with van der Waals surface area (Å²) in [6.07, 6.45) is 1.16. The van der Waals surface area contributed by atoms with E-state index < -0.39 is 17.6 Å². The number of rotatable bonds is 3. The number of hydrogen-bond donors (Lipinski definition) is 2. The number of nitrogens with zero attached hydrogens (tertiary/aromatic N) is 2. The fourth-order valence-electron chi connectivity index (χ4n) is 1.84. The van der Waals surface area contributed by atoms with E-state index in [0.717, 1.165) is 15.3 Å². The number of carboxylic acids is 1. The average molecular weight is 330 g/mol. The number of imidazole rings is 1. The van der Waals surface area contributed by atoms with Crippen molar-refractivity contribution in [1.82, 2.24) is 9.13 Å². The quantitative estimate of drug-likeness (QED) is 0.884. The van der Waals surface area contributed by atoms with Crippen LogP contribution in [-0.2, 0) is 7.05 Å². The van der Waals surface area contributed by atoms with Crippen LogP contribution in [0, 0.1) is 0 Å². The molecule has 110 valence electrons. The van der Waals surface area contributed by atoms with Crippen LogP contribution in [0.3, 0.4) is 0 Å². The summed E-state index contributed by atoms with van der Waals surface area (Å²) in [6.45, 7) is 0. The van der Waals surface area contributed by atoms with Crippen LogP contribution in [-0.4, -0.2) is 26.1 Å². The minimum atomic E-state index is -1.27. The summed E-state index contributed by atoms with van der Waals surface area (Å²) in [5.41, 5.74) is 4.23. The summed E-state index contributed by atoms with van der Waals surface area (Å²) in [7, 11) is 1.35. The number of carbonyl (C=O) groups excluding carboxylic acids is 1. The predicted molar refractivity (Wildman–Crippen MR) is 76.5 cm³/mol. The van der Waals surface area contributed by atoms with Crippen LogP contribution in [0.1, 0.15) is 20.8 Å². The highest BCUT2D eigenvalue weighted by atomic mass is 35.5. The molecule has 0 atom stereocenters. The molecule has 0 spiro atoms. The first-order chi connectivity index (χ1) is 9.75. The van der Waals surface area contributed by atoms with Crippen LogP contribution in [0.4, 0.5) is 0 Å². The monoisotopic (exact) mass is 329 g/mol. The molecular weight excluding hydrogens is 321 g/mol. The number of carbonyl (C=O) groups is 2. The fraction of sp³-hybridized carbons (Fsp3) is 0.0833. The lowest BCUT2D eigenvalue weighted by Gasteiger charge is -2.09. The molecule has 0 saturated carbocycles. The Labute approximate surface area is 128 Å². The number of aromatic nitrogens is 2. The number of hydrogen-bond acceptors (Lipinski definition) is 3. The van der Waals surface area contributed by atoms with E-state index in [1.165, 1.54) is 19.2 Å². The van der Waals surface area contributed by atoms with Gasteiger partial charge in [-0.25, -0.2) is 9.59 Å². The van der Waals surface area contributed by atoms with Crippen LogP contribution in [0.15, 0.2) is 23.1 Å². The second-order valence-corrected chi connectivity index (χ2v) is 4.94. The molecule has 0 aliphatic carbocycles. The van der Waals surface area contributed by atoms with E-state index in [2.05, 4.69) is 0 Å². The van der Waals surface area contributed by atoms with E-state index in [0.29, 0.717) is 0 Å². The first-order valence-corrected chi connectivity index (χ1v) is 6.31. The molecule has 0 aliphatic heterocycles. The highest BCUT2D eigenvalue weighted by molar-refractivity contribution is 6.39. The zero-order chi connectivity index (χ0) is 15.9. The molecule has 0 aliphatic rings. The zero-order valence-electron chi connectivity index (χ0n) is 10.6. The lowest BCUT2D eigenvalue weighted by atomic mass is 10.2. The highest BCUT2D eigenvalue weighted by Crippen LogP contribution is 2.31. The van der Waals surface area contributed by atoms with E-state index in [1.807, 2.05) is 0 Å². The number of primary amides is 1. The molecule has 9 heteroatoms. The molecule has 0 unspecified atom stereocenters. The normalized spacial score (nSPS) is 10.6. The van der Waals surface area contributed by atoms with Crippen molar-refractivity contribution in [3.8, 4) is 5.69 Å². The summed E-state index contributed by atoms with van der Waals surface area (Å²) in [5, 5.41) is 8.91. The van der Waals surface area contributed by atoms with Crippen LogP contribution >= 0.6 is 23.2 Å². The van der Waals surface area contributed by atoms with Gasteiger partial charge in [-0.3, -0.25) is 13.9 Å². The minimum absolute atomic E-state index is 0.0219. The molecule has 2 aromatic rings. The van der Waals surface area contributed by atoms with Crippen LogP contribution in [0.5, 0.6) is 0 Å². The van der Waals surface area contributed by atoms with Gasteiger partial charge in [-0.1, -0.05) is 23.2 Å². The molecule has 7 nitrogen and oxygen atoms in total. The Morgan fingerprint density at radius 2 is 1.90 bits per heavy atom. The van der Waals surface area contributed by atoms with Crippen molar-refractivity contribution >= 4 is 35.1 Å². The van der Waals surface area contributed by atoms with Gasteiger partial charge in [0.2, 0.25) is 0 Å². The van der Waals surface area contributed by atoms with Gasteiger partial charge in [0.05, 0.1) is 21.3 Å². The highest BCUT2D eigenvalue weighted by Gasteiger charge is 2.21. The van der Waals surface area contributed by atoms with Gasteiger partial charge in [-0.15, -0.1) is 0 Å².